The van der Waals surface area contributed by atoms with E-state index in [0.29, 0.717) is 29.9 Å². The van der Waals surface area contributed by atoms with E-state index >= 15 is 0 Å². The van der Waals surface area contributed by atoms with Crippen molar-refractivity contribution in [1.82, 2.24) is 14.8 Å². The van der Waals surface area contributed by atoms with Gasteiger partial charge in [-0.25, -0.2) is 13.5 Å². The van der Waals surface area contributed by atoms with E-state index in [1.165, 1.54) is 23.1 Å². The number of aryl methyl sites for hydroxylation is 1. The van der Waals surface area contributed by atoms with E-state index in [1.807, 2.05) is 25.1 Å². The Morgan fingerprint density at radius 2 is 1.86 bits per heavy atom. The number of Topliss-reactive ketones (excluding diaryl/α,β-unsaturated/α-hetero) is 1. The lowest BCUT2D eigenvalue weighted by Gasteiger charge is -2.35. The maximum Gasteiger partial charge on any atom is 0.226 e. The number of allylic oxidation sites excluding steroid dienone is 2. The molecule has 1 aliphatic heterocycles. The zero-order valence-electron chi connectivity index (χ0n) is 15.7. The Kier molecular flexibility index (Phi) is 4.04. The lowest BCUT2D eigenvalue weighted by Crippen LogP contribution is -2.33. The molecule has 5 nitrogen and oxygen atoms in total. The van der Waals surface area contributed by atoms with Gasteiger partial charge in [0.1, 0.15) is 24.0 Å². The Balaban J connectivity index is 1.62. The van der Waals surface area contributed by atoms with Gasteiger partial charge < -0.3 is 5.32 Å². The van der Waals surface area contributed by atoms with Gasteiger partial charge in [-0.2, -0.15) is 10.1 Å². The number of benzene rings is 2. The van der Waals surface area contributed by atoms with Gasteiger partial charge in [0.05, 0.1) is 0 Å². The van der Waals surface area contributed by atoms with E-state index in [2.05, 4.69) is 21.5 Å². The molecule has 146 valence electrons. The normalized spacial score (nSPS) is 20.9. The van der Waals surface area contributed by atoms with Crippen molar-refractivity contribution in [2.45, 2.75) is 31.7 Å². The van der Waals surface area contributed by atoms with Gasteiger partial charge >= 0.3 is 0 Å². The molecule has 3 aromatic rings. The number of ketones is 1. The van der Waals surface area contributed by atoms with E-state index in [1.54, 1.807) is 0 Å². The number of rotatable bonds is 2. The molecule has 1 N–H and O–H groups in total. The van der Waals surface area contributed by atoms with Crippen molar-refractivity contribution < 1.29 is 13.6 Å². The van der Waals surface area contributed by atoms with Crippen LogP contribution in [0, 0.1) is 18.6 Å². The summed E-state index contributed by atoms with van der Waals surface area (Å²) in [7, 11) is 0. The molecule has 1 aliphatic carbocycles. The van der Waals surface area contributed by atoms with Crippen LogP contribution in [-0.2, 0) is 4.79 Å². The summed E-state index contributed by atoms with van der Waals surface area (Å²) in [6.07, 6.45) is 2.32. The summed E-state index contributed by atoms with van der Waals surface area (Å²) in [5, 5.41) is 7.41. The number of aromatic nitrogens is 3. The molecule has 2 atom stereocenters. The first-order valence-corrected chi connectivity index (χ1v) is 9.45. The van der Waals surface area contributed by atoms with Crippen LogP contribution >= 0.6 is 0 Å². The Bertz CT molecular complexity index is 1150. The van der Waals surface area contributed by atoms with E-state index in [-0.39, 0.29) is 11.7 Å². The van der Waals surface area contributed by atoms with Gasteiger partial charge in [0.25, 0.3) is 0 Å². The van der Waals surface area contributed by atoms with Crippen LogP contribution in [0.3, 0.4) is 0 Å². The minimum atomic E-state index is -0.708. The van der Waals surface area contributed by atoms with Crippen LogP contribution in [0.5, 0.6) is 0 Å². The standard InChI is InChI=1S/C22H18F2N4O/c1-12-3-2-4-13(5-12)14-8-18-20(19(29)9-14)21(28-22(27-18)25-11-26-28)15-6-16(23)10-17(24)7-15/h2-7,10-11,14,21H,8-9H2,1H3,(H,25,26,27)/t14-,21+/m1/s1. The van der Waals surface area contributed by atoms with Crippen LogP contribution in [-0.4, -0.2) is 20.5 Å². The monoisotopic (exact) mass is 392 g/mol. The lowest BCUT2D eigenvalue weighted by molar-refractivity contribution is -0.116. The number of nitrogens with one attached hydrogen (secondary N) is 1. The second-order valence-corrected chi connectivity index (χ2v) is 7.59. The number of hydrogen-bond acceptors (Lipinski definition) is 4. The van der Waals surface area contributed by atoms with Crippen molar-refractivity contribution in [3.05, 3.63) is 88.4 Å². The van der Waals surface area contributed by atoms with Gasteiger partial charge in [-0.15, -0.1) is 0 Å². The molecule has 2 heterocycles. The second kappa shape index (κ2) is 6.62. The number of carbonyl (C=O) groups excluding carboxylic acids is 1. The van der Waals surface area contributed by atoms with E-state index < -0.39 is 17.7 Å². The molecule has 2 aliphatic rings. The quantitative estimate of drug-likeness (QED) is 0.707. The first-order chi connectivity index (χ1) is 14.0. The molecule has 2 aromatic carbocycles. The minimum absolute atomic E-state index is 0.0352. The maximum atomic E-state index is 13.9. The molecule has 0 saturated heterocycles. The third-order valence-corrected chi connectivity index (χ3v) is 5.58. The van der Waals surface area contributed by atoms with Crippen molar-refractivity contribution in [2.75, 3.05) is 5.32 Å². The Morgan fingerprint density at radius 1 is 1.07 bits per heavy atom. The van der Waals surface area contributed by atoms with Crippen molar-refractivity contribution >= 4 is 11.7 Å². The lowest BCUT2D eigenvalue weighted by atomic mass is 9.77. The summed E-state index contributed by atoms with van der Waals surface area (Å²) in [4.78, 5) is 17.4. The predicted octanol–water partition coefficient (Wildman–Crippen LogP) is 4.28. The van der Waals surface area contributed by atoms with Crippen molar-refractivity contribution in [3.63, 3.8) is 0 Å². The average Bonchev–Trinajstić information content (AvgIpc) is 3.13. The molecule has 0 radical (unpaired) electrons. The summed E-state index contributed by atoms with van der Waals surface area (Å²) in [6, 6.07) is 10.7. The van der Waals surface area contributed by atoms with Gasteiger partial charge in [0.15, 0.2) is 5.78 Å². The van der Waals surface area contributed by atoms with Crippen LogP contribution in [0.4, 0.5) is 14.7 Å². The van der Waals surface area contributed by atoms with Crippen molar-refractivity contribution in [1.29, 1.82) is 0 Å². The summed E-state index contributed by atoms with van der Waals surface area (Å²) in [6.45, 7) is 2.02. The molecular formula is C22H18F2N4O. The van der Waals surface area contributed by atoms with Crippen LogP contribution < -0.4 is 5.32 Å². The predicted molar refractivity (Wildman–Crippen MR) is 103 cm³/mol. The first-order valence-electron chi connectivity index (χ1n) is 9.45. The van der Waals surface area contributed by atoms with Gasteiger partial charge in [0.2, 0.25) is 5.95 Å². The van der Waals surface area contributed by atoms with Crippen LogP contribution in [0.25, 0.3) is 0 Å². The number of carbonyl (C=O) groups is 1. The van der Waals surface area contributed by atoms with Gasteiger partial charge in [-0.05, 0) is 42.5 Å². The highest BCUT2D eigenvalue weighted by Gasteiger charge is 2.39. The molecule has 29 heavy (non-hydrogen) atoms. The minimum Gasteiger partial charge on any atom is -0.328 e. The highest BCUT2D eigenvalue weighted by atomic mass is 19.1. The fourth-order valence-corrected chi connectivity index (χ4v) is 4.35. The molecule has 0 bridgehead atoms. The summed E-state index contributed by atoms with van der Waals surface area (Å²) >= 11 is 0. The Morgan fingerprint density at radius 3 is 2.62 bits per heavy atom. The third kappa shape index (κ3) is 3.03. The largest absolute Gasteiger partial charge is 0.328 e. The van der Waals surface area contributed by atoms with E-state index in [9.17, 15) is 13.6 Å². The Labute approximate surface area is 166 Å². The molecule has 0 amide bonds. The highest BCUT2D eigenvalue weighted by Crippen LogP contribution is 2.44. The van der Waals surface area contributed by atoms with Crippen LogP contribution in [0.1, 0.15) is 41.5 Å². The summed E-state index contributed by atoms with van der Waals surface area (Å²) < 4.78 is 29.4. The zero-order chi connectivity index (χ0) is 20.1. The smallest absolute Gasteiger partial charge is 0.226 e. The topological polar surface area (TPSA) is 59.8 Å². The van der Waals surface area contributed by atoms with Gasteiger partial charge in [-0.1, -0.05) is 29.8 Å². The number of fused-ring (bicyclic) bond motifs is 1. The molecule has 5 rings (SSSR count). The molecule has 0 unspecified atom stereocenters. The molecule has 0 spiro atoms. The fraction of sp³-hybridized carbons (Fsp3) is 0.227. The van der Waals surface area contributed by atoms with E-state index in [0.717, 1.165) is 22.9 Å². The molecule has 1 aromatic heterocycles. The van der Waals surface area contributed by atoms with Crippen molar-refractivity contribution in [2.24, 2.45) is 0 Å². The molecule has 7 heteroatoms. The molecule has 0 fully saturated rings. The number of hydrogen-bond donors (Lipinski definition) is 1. The first kappa shape index (κ1) is 17.7. The SMILES string of the molecule is Cc1cccc([C@H]2CC(=O)C3=C(C2)Nc2ncnn2[C@H]3c2cc(F)cc(F)c2)c1. The van der Waals surface area contributed by atoms with E-state index in [4.69, 9.17) is 0 Å². The van der Waals surface area contributed by atoms with Gasteiger partial charge in [-0.3, -0.25) is 4.79 Å². The second-order valence-electron chi connectivity index (χ2n) is 7.59. The summed E-state index contributed by atoms with van der Waals surface area (Å²) in [5.74, 6) is -0.948. The molecular weight excluding hydrogens is 374 g/mol. The Hall–Kier alpha value is -3.35. The average molecular weight is 392 g/mol. The number of halogens is 2. The summed E-state index contributed by atoms with van der Waals surface area (Å²) in [5.41, 5.74) is 3.82. The number of nitrogens with zero attached hydrogens (tertiary/aromatic N) is 3. The van der Waals surface area contributed by atoms with Crippen molar-refractivity contribution in [3.8, 4) is 0 Å². The number of anilines is 1. The highest BCUT2D eigenvalue weighted by molar-refractivity contribution is 6.00. The van der Waals surface area contributed by atoms with Gasteiger partial charge in [0, 0.05) is 23.8 Å². The maximum absolute atomic E-state index is 13.9. The van der Waals surface area contributed by atoms with Crippen LogP contribution in [0.15, 0.2) is 60.1 Å². The third-order valence-electron chi connectivity index (χ3n) is 5.58. The fourth-order valence-electron chi connectivity index (χ4n) is 4.35. The zero-order valence-corrected chi connectivity index (χ0v) is 15.7. The molecule has 0 saturated carbocycles. The van der Waals surface area contributed by atoms with Crippen LogP contribution in [0.2, 0.25) is 0 Å².